The molecule has 11 nitrogen and oxygen atoms in total. The van der Waals surface area contributed by atoms with E-state index < -0.39 is 20.0 Å². The van der Waals surface area contributed by atoms with Crippen molar-refractivity contribution in [1.82, 2.24) is 18.8 Å². The fourth-order valence-corrected chi connectivity index (χ4v) is 6.28. The second-order valence-electron chi connectivity index (χ2n) is 10.0. The monoisotopic (exact) mass is 582 g/mol. The highest BCUT2D eigenvalue weighted by Crippen LogP contribution is 2.27. The standard InChI is InChI=1S/C27H30N6O5S2/c1-18-3-9-23(40(28,37)38)15-24(18)20-6-4-19(5-7-20)17-33-25(34)10-8-21-16-29-27(31-26(21)33)30-22-11-13-32(14-12-22)39(2,35)36/h3-10,15-16,22H,11-14,17H2,1-2H3,(H2,28,37,38)(H,29,30,31). The first kappa shape index (κ1) is 27.9. The Morgan fingerprint density at radius 2 is 1.70 bits per heavy atom. The molecular weight excluding hydrogens is 552 g/mol. The van der Waals surface area contributed by atoms with Crippen LogP contribution < -0.4 is 16.0 Å². The lowest BCUT2D eigenvalue weighted by Gasteiger charge is -2.30. The highest BCUT2D eigenvalue weighted by Gasteiger charge is 2.25. The van der Waals surface area contributed by atoms with Crippen molar-refractivity contribution in [2.75, 3.05) is 24.7 Å². The zero-order chi connectivity index (χ0) is 28.7. The van der Waals surface area contributed by atoms with E-state index in [1.54, 1.807) is 29.0 Å². The number of aromatic nitrogens is 3. The minimum atomic E-state index is -3.83. The van der Waals surface area contributed by atoms with Crippen molar-refractivity contribution in [2.24, 2.45) is 5.14 Å². The Hall–Kier alpha value is -3.65. The smallest absolute Gasteiger partial charge is 0.252 e. The van der Waals surface area contributed by atoms with Crippen molar-refractivity contribution in [2.45, 2.75) is 37.2 Å². The molecule has 1 fully saturated rings. The fourth-order valence-electron chi connectivity index (χ4n) is 4.87. The lowest BCUT2D eigenvalue weighted by molar-refractivity contribution is 0.331. The van der Waals surface area contributed by atoms with Gasteiger partial charge < -0.3 is 5.32 Å². The van der Waals surface area contributed by atoms with E-state index in [-0.39, 0.29) is 23.0 Å². The van der Waals surface area contributed by atoms with Gasteiger partial charge in [0.1, 0.15) is 5.65 Å². The van der Waals surface area contributed by atoms with E-state index in [0.717, 1.165) is 22.3 Å². The lowest BCUT2D eigenvalue weighted by atomic mass is 9.99. The maximum Gasteiger partial charge on any atom is 0.252 e. The Balaban J connectivity index is 1.38. The van der Waals surface area contributed by atoms with Gasteiger partial charge in [0.05, 0.1) is 17.7 Å². The Kier molecular flexibility index (Phi) is 7.48. The van der Waals surface area contributed by atoms with Crippen LogP contribution >= 0.6 is 0 Å². The summed E-state index contributed by atoms with van der Waals surface area (Å²) in [5, 5.41) is 9.31. The highest BCUT2D eigenvalue weighted by molar-refractivity contribution is 7.89. The number of aryl methyl sites for hydroxylation is 1. The average molecular weight is 583 g/mol. The van der Waals surface area contributed by atoms with Gasteiger partial charge >= 0.3 is 0 Å². The van der Waals surface area contributed by atoms with Crippen LogP contribution in [-0.2, 0) is 26.6 Å². The number of nitrogens with zero attached hydrogens (tertiary/aromatic N) is 4. The number of piperidine rings is 1. The molecule has 0 spiro atoms. The van der Waals surface area contributed by atoms with Crippen LogP contribution in [-0.4, -0.2) is 61.1 Å². The van der Waals surface area contributed by atoms with E-state index in [0.29, 0.717) is 42.9 Å². The van der Waals surface area contributed by atoms with Crippen LogP contribution in [0.1, 0.15) is 24.0 Å². The number of hydrogen-bond acceptors (Lipinski definition) is 8. The van der Waals surface area contributed by atoms with E-state index in [1.165, 1.54) is 22.7 Å². The number of fused-ring (bicyclic) bond motifs is 1. The lowest BCUT2D eigenvalue weighted by Crippen LogP contribution is -2.42. The molecule has 0 aliphatic carbocycles. The maximum atomic E-state index is 12.9. The number of nitrogens with one attached hydrogen (secondary N) is 1. The first-order valence-corrected chi connectivity index (χ1v) is 16.1. The molecule has 5 rings (SSSR count). The van der Waals surface area contributed by atoms with Crippen molar-refractivity contribution in [3.8, 4) is 11.1 Å². The summed E-state index contributed by atoms with van der Waals surface area (Å²) >= 11 is 0. The molecule has 3 N–H and O–H groups in total. The first-order valence-electron chi connectivity index (χ1n) is 12.7. The number of anilines is 1. The van der Waals surface area contributed by atoms with Crippen molar-refractivity contribution in [3.63, 3.8) is 0 Å². The number of rotatable bonds is 7. The maximum absolute atomic E-state index is 12.9. The SMILES string of the molecule is Cc1ccc(S(N)(=O)=O)cc1-c1ccc(Cn2c(=O)ccc3cnc(NC4CCN(S(C)(=O)=O)CC4)nc32)cc1. The average Bonchev–Trinajstić information content (AvgIpc) is 2.90. The van der Waals surface area contributed by atoms with E-state index in [2.05, 4.69) is 15.3 Å². The summed E-state index contributed by atoms with van der Waals surface area (Å²) in [5.74, 6) is 0.380. The zero-order valence-corrected chi connectivity index (χ0v) is 23.7. The third kappa shape index (κ3) is 6.07. The summed E-state index contributed by atoms with van der Waals surface area (Å²) in [5.41, 5.74) is 3.63. The topological polar surface area (TPSA) is 157 Å². The van der Waals surface area contributed by atoms with Crippen molar-refractivity contribution in [3.05, 3.63) is 82.3 Å². The molecule has 2 aromatic carbocycles. The third-order valence-corrected chi connectivity index (χ3v) is 9.34. The minimum absolute atomic E-state index is 0.0168. The predicted molar refractivity (Wildman–Crippen MR) is 154 cm³/mol. The molecule has 0 saturated carbocycles. The number of primary sulfonamides is 1. The molecule has 0 radical (unpaired) electrons. The van der Waals surface area contributed by atoms with Gasteiger partial charge in [-0.25, -0.2) is 31.3 Å². The molecule has 0 unspecified atom stereocenters. The molecule has 0 atom stereocenters. The molecule has 2 aromatic heterocycles. The second kappa shape index (κ2) is 10.7. The number of benzene rings is 2. The van der Waals surface area contributed by atoms with Gasteiger partial charge in [0.25, 0.3) is 5.56 Å². The Bertz CT molecular complexity index is 1850. The molecule has 0 amide bonds. The number of sulfonamides is 2. The van der Waals surface area contributed by atoms with Gasteiger partial charge in [0, 0.05) is 36.8 Å². The van der Waals surface area contributed by atoms with E-state index in [1.807, 2.05) is 31.2 Å². The molecule has 40 heavy (non-hydrogen) atoms. The van der Waals surface area contributed by atoms with Crippen LogP contribution in [0.25, 0.3) is 22.2 Å². The van der Waals surface area contributed by atoms with Crippen LogP contribution in [0.3, 0.4) is 0 Å². The van der Waals surface area contributed by atoms with Gasteiger partial charge in [0.15, 0.2) is 0 Å². The van der Waals surface area contributed by atoms with Crippen LogP contribution in [0.15, 0.2) is 70.5 Å². The quantitative estimate of drug-likeness (QED) is 0.336. The molecule has 1 aliphatic rings. The first-order chi connectivity index (χ1) is 18.9. The van der Waals surface area contributed by atoms with Crippen LogP contribution in [0.2, 0.25) is 0 Å². The summed E-state index contributed by atoms with van der Waals surface area (Å²) < 4.78 is 50.3. The van der Waals surface area contributed by atoms with E-state index >= 15 is 0 Å². The highest BCUT2D eigenvalue weighted by atomic mass is 32.2. The third-order valence-electron chi connectivity index (χ3n) is 7.12. The van der Waals surface area contributed by atoms with Gasteiger partial charge in [-0.2, -0.15) is 4.98 Å². The zero-order valence-electron chi connectivity index (χ0n) is 22.1. The number of nitrogens with two attached hydrogens (primary N) is 1. The Morgan fingerprint density at radius 3 is 2.35 bits per heavy atom. The number of hydrogen-bond donors (Lipinski definition) is 2. The second-order valence-corrected chi connectivity index (χ2v) is 13.6. The van der Waals surface area contributed by atoms with Gasteiger partial charge in [-0.3, -0.25) is 9.36 Å². The van der Waals surface area contributed by atoms with Crippen molar-refractivity contribution in [1.29, 1.82) is 0 Å². The van der Waals surface area contributed by atoms with Gasteiger partial charge in [0.2, 0.25) is 26.0 Å². The summed E-state index contributed by atoms with van der Waals surface area (Å²) in [6, 6.07) is 15.5. The van der Waals surface area contributed by atoms with Crippen LogP contribution in [0, 0.1) is 6.92 Å². The summed E-state index contributed by atoms with van der Waals surface area (Å²) in [7, 11) is -7.04. The predicted octanol–water partition coefficient (Wildman–Crippen LogP) is 2.30. The summed E-state index contributed by atoms with van der Waals surface area (Å²) in [6.07, 6.45) is 4.13. The summed E-state index contributed by atoms with van der Waals surface area (Å²) in [4.78, 5) is 22.0. The number of pyridine rings is 1. The van der Waals surface area contributed by atoms with E-state index in [9.17, 15) is 21.6 Å². The van der Waals surface area contributed by atoms with Gasteiger partial charge in [-0.1, -0.05) is 30.3 Å². The molecule has 1 aliphatic heterocycles. The van der Waals surface area contributed by atoms with Gasteiger partial charge in [-0.15, -0.1) is 0 Å². The molecular formula is C27H30N6O5S2. The summed E-state index contributed by atoms with van der Waals surface area (Å²) in [6.45, 7) is 3.02. The molecule has 4 aromatic rings. The van der Waals surface area contributed by atoms with E-state index in [4.69, 9.17) is 5.14 Å². The molecule has 1 saturated heterocycles. The molecule has 0 bridgehead atoms. The Labute approximate surface area is 232 Å². The van der Waals surface area contributed by atoms with Crippen molar-refractivity contribution < 1.29 is 16.8 Å². The fraction of sp³-hybridized carbons (Fsp3) is 0.296. The molecule has 210 valence electrons. The van der Waals surface area contributed by atoms with Crippen molar-refractivity contribution >= 4 is 37.0 Å². The Morgan fingerprint density at radius 1 is 1.00 bits per heavy atom. The minimum Gasteiger partial charge on any atom is -0.351 e. The normalized spacial score (nSPS) is 15.4. The van der Waals surface area contributed by atoms with Crippen LogP contribution in [0.5, 0.6) is 0 Å². The molecule has 13 heteroatoms. The molecule has 3 heterocycles. The van der Waals surface area contributed by atoms with Gasteiger partial charge in [-0.05, 0) is 60.2 Å². The van der Waals surface area contributed by atoms with Crippen LogP contribution in [0.4, 0.5) is 5.95 Å². The largest absolute Gasteiger partial charge is 0.351 e.